The summed E-state index contributed by atoms with van der Waals surface area (Å²) in [5.74, 6) is -0.597. The Hall–Kier alpha value is -1.14. The number of aromatic nitrogens is 1. The highest BCUT2D eigenvalue weighted by atomic mass is 79.9. The summed E-state index contributed by atoms with van der Waals surface area (Å²) in [5.41, 5.74) is 1.08. The molecule has 0 spiro atoms. The fourth-order valence-electron chi connectivity index (χ4n) is 1.83. The zero-order valence-corrected chi connectivity index (χ0v) is 14.1. The third-order valence-corrected chi connectivity index (χ3v) is 3.87. The average Bonchev–Trinajstić information content (AvgIpc) is 2.75. The Kier molecular flexibility index (Phi) is 4.65. The molecule has 0 aliphatic rings. The number of benzene rings is 1. The lowest BCUT2D eigenvalue weighted by atomic mass is 10.3. The number of rotatable bonds is 3. The number of carbonyl (C=O) groups excluding carboxylic acids is 1. The summed E-state index contributed by atoms with van der Waals surface area (Å²) in [6.07, 6.45) is 1.86. The molecule has 1 N–H and O–H groups in total. The van der Waals surface area contributed by atoms with Crippen LogP contribution in [0.3, 0.4) is 0 Å². The molecule has 0 unspecified atom stereocenters. The van der Waals surface area contributed by atoms with Crippen molar-refractivity contribution in [2.45, 2.75) is 19.9 Å². The molecule has 0 saturated heterocycles. The molecular formula is C14H13Br2FN2O. The van der Waals surface area contributed by atoms with E-state index in [1.165, 1.54) is 18.2 Å². The van der Waals surface area contributed by atoms with Crippen LogP contribution in [0.1, 0.15) is 30.4 Å². The molecule has 0 bridgehead atoms. The van der Waals surface area contributed by atoms with E-state index in [9.17, 15) is 9.18 Å². The second kappa shape index (κ2) is 6.10. The van der Waals surface area contributed by atoms with Crippen LogP contribution in [-0.2, 0) is 0 Å². The van der Waals surface area contributed by atoms with Gasteiger partial charge in [-0.25, -0.2) is 4.39 Å². The molecule has 0 saturated carbocycles. The van der Waals surface area contributed by atoms with Gasteiger partial charge in [0.25, 0.3) is 5.91 Å². The Bertz CT molecular complexity index is 653. The van der Waals surface area contributed by atoms with Crippen molar-refractivity contribution < 1.29 is 9.18 Å². The first-order chi connectivity index (χ1) is 9.38. The minimum Gasteiger partial charge on any atom is -0.340 e. The van der Waals surface area contributed by atoms with Gasteiger partial charge < -0.3 is 9.88 Å². The number of halogens is 3. The monoisotopic (exact) mass is 402 g/mol. The standard InChI is InChI=1S/C14H13Br2FN2O/c1-8(2)19-7-9(15)5-13(19)14(20)18-12-4-3-10(17)6-11(12)16/h3-8H,1-2H3,(H,18,20). The van der Waals surface area contributed by atoms with Crippen molar-refractivity contribution in [3.63, 3.8) is 0 Å². The van der Waals surface area contributed by atoms with Gasteiger partial charge in [-0.2, -0.15) is 0 Å². The van der Waals surface area contributed by atoms with Gasteiger partial charge in [0.15, 0.2) is 0 Å². The first-order valence-electron chi connectivity index (χ1n) is 6.02. The Morgan fingerprint density at radius 3 is 2.60 bits per heavy atom. The summed E-state index contributed by atoms with van der Waals surface area (Å²) in [6.45, 7) is 3.99. The van der Waals surface area contributed by atoms with Crippen LogP contribution in [0.5, 0.6) is 0 Å². The summed E-state index contributed by atoms with van der Waals surface area (Å²) in [7, 11) is 0. The normalized spacial score (nSPS) is 10.9. The van der Waals surface area contributed by atoms with Crippen molar-refractivity contribution in [1.29, 1.82) is 0 Å². The van der Waals surface area contributed by atoms with Gasteiger partial charge in [-0.05, 0) is 70.0 Å². The van der Waals surface area contributed by atoms with Gasteiger partial charge in [-0.3, -0.25) is 4.79 Å². The van der Waals surface area contributed by atoms with E-state index in [2.05, 4.69) is 37.2 Å². The van der Waals surface area contributed by atoms with Crippen molar-refractivity contribution >= 4 is 43.5 Å². The molecule has 20 heavy (non-hydrogen) atoms. The summed E-state index contributed by atoms with van der Waals surface area (Å²) < 4.78 is 16.2. The molecule has 2 rings (SSSR count). The van der Waals surface area contributed by atoms with Crippen molar-refractivity contribution in [2.24, 2.45) is 0 Å². The van der Waals surface area contributed by atoms with Crippen LogP contribution in [0.15, 0.2) is 39.4 Å². The van der Waals surface area contributed by atoms with E-state index < -0.39 is 0 Å². The molecule has 0 radical (unpaired) electrons. The third-order valence-electron chi connectivity index (χ3n) is 2.78. The minimum atomic E-state index is -0.358. The van der Waals surface area contributed by atoms with Gasteiger partial charge in [-0.1, -0.05) is 0 Å². The van der Waals surface area contributed by atoms with E-state index in [0.717, 1.165) is 4.47 Å². The van der Waals surface area contributed by atoms with Gasteiger partial charge in [0.05, 0.1) is 5.69 Å². The number of nitrogens with zero attached hydrogens (tertiary/aromatic N) is 1. The van der Waals surface area contributed by atoms with Crippen molar-refractivity contribution in [2.75, 3.05) is 5.32 Å². The lowest BCUT2D eigenvalue weighted by Crippen LogP contribution is -2.18. The molecule has 1 aromatic carbocycles. The molecule has 1 amide bonds. The average molecular weight is 404 g/mol. The van der Waals surface area contributed by atoms with E-state index >= 15 is 0 Å². The summed E-state index contributed by atoms with van der Waals surface area (Å²) in [4.78, 5) is 12.3. The van der Waals surface area contributed by atoms with Crippen molar-refractivity contribution in [1.82, 2.24) is 4.57 Å². The SMILES string of the molecule is CC(C)n1cc(Br)cc1C(=O)Nc1ccc(F)cc1Br. The van der Waals surface area contributed by atoms with Gasteiger partial charge in [0.2, 0.25) is 0 Å². The predicted molar refractivity (Wildman–Crippen MR) is 84.6 cm³/mol. The quantitative estimate of drug-likeness (QED) is 0.769. The number of hydrogen-bond acceptors (Lipinski definition) is 1. The number of nitrogens with one attached hydrogen (secondary N) is 1. The smallest absolute Gasteiger partial charge is 0.272 e. The van der Waals surface area contributed by atoms with Crippen LogP contribution in [0.2, 0.25) is 0 Å². The van der Waals surface area contributed by atoms with Gasteiger partial charge in [-0.15, -0.1) is 0 Å². The molecule has 0 aliphatic heterocycles. The molecule has 1 heterocycles. The van der Waals surface area contributed by atoms with Gasteiger partial charge in [0, 0.05) is 21.2 Å². The second-order valence-electron chi connectivity index (χ2n) is 4.62. The van der Waals surface area contributed by atoms with E-state index in [1.54, 1.807) is 6.07 Å². The predicted octanol–water partition coefficient (Wildman–Crippen LogP) is 4.99. The van der Waals surface area contributed by atoms with E-state index in [4.69, 9.17) is 0 Å². The number of hydrogen-bond donors (Lipinski definition) is 1. The fraction of sp³-hybridized carbons (Fsp3) is 0.214. The first kappa shape index (κ1) is 15.3. The molecule has 0 aliphatic carbocycles. The van der Waals surface area contributed by atoms with Crippen LogP contribution in [0, 0.1) is 5.82 Å². The topological polar surface area (TPSA) is 34.0 Å². The minimum absolute atomic E-state index is 0.165. The highest BCUT2D eigenvalue weighted by molar-refractivity contribution is 9.10. The molecular weight excluding hydrogens is 391 g/mol. The fourth-order valence-corrected chi connectivity index (χ4v) is 2.72. The number of carbonyl (C=O) groups is 1. The van der Waals surface area contributed by atoms with Crippen molar-refractivity contribution in [3.05, 3.63) is 50.9 Å². The Labute approximate surface area is 133 Å². The molecule has 2 aromatic rings. The highest BCUT2D eigenvalue weighted by Crippen LogP contribution is 2.25. The van der Waals surface area contributed by atoms with Crippen LogP contribution < -0.4 is 5.32 Å². The van der Waals surface area contributed by atoms with Crippen LogP contribution in [0.25, 0.3) is 0 Å². The maximum Gasteiger partial charge on any atom is 0.272 e. The van der Waals surface area contributed by atoms with Crippen molar-refractivity contribution in [3.8, 4) is 0 Å². The maximum atomic E-state index is 13.0. The van der Waals surface area contributed by atoms with Crippen LogP contribution in [-0.4, -0.2) is 10.5 Å². The second-order valence-corrected chi connectivity index (χ2v) is 6.39. The van der Waals surface area contributed by atoms with Crippen LogP contribution in [0.4, 0.5) is 10.1 Å². The molecule has 6 heteroatoms. The summed E-state index contributed by atoms with van der Waals surface area (Å²) in [5, 5.41) is 2.77. The molecule has 0 fully saturated rings. The van der Waals surface area contributed by atoms with Crippen LogP contribution >= 0.6 is 31.9 Å². The Morgan fingerprint density at radius 2 is 2.00 bits per heavy atom. The zero-order chi connectivity index (χ0) is 14.9. The lowest BCUT2D eigenvalue weighted by Gasteiger charge is -2.13. The van der Waals surface area contributed by atoms with E-state index in [0.29, 0.717) is 15.9 Å². The molecule has 0 atom stereocenters. The molecule has 106 valence electrons. The third kappa shape index (κ3) is 3.30. The van der Waals surface area contributed by atoms with Gasteiger partial charge >= 0.3 is 0 Å². The number of anilines is 1. The maximum absolute atomic E-state index is 13.0. The Balaban J connectivity index is 2.28. The number of amides is 1. The zero-order valence-electron chi connectivity index (χ0n) is 11.0. The summed E-state index contributed by atoms with van der Waals surface area (Å²) in [6, 6.07) is 6.06. The highest BCUT2D eigenvalue weighted by Gasteiger charge is 2.16. The first-order valence-corrected chi connectivity index (χ1v) is 7.61. The van der Waals surface area contributed by atoms with E-state index in [1.807, 2.05) is 24.6 Å². The summed E-state index contributed by atoms with van der Waals surface area (Å²) >= 11 is 6.60. The largest absolute Gasteiger partial charge is 0.340 e. The lowest BCUT2D eigenvalue weighted by molar-refractivity contribution is 0.101. The molecule has 3 nitrogen and oxygen atoms in total. The Morgan fingerprint density at radius 1 is 1.30 bits per heavy atom. The molecule has 1 aromatic heterocycles. The van der Waals surface area contributed by atoms with E-state index in [-0.39, 0.29) is 17.8 Å². The van der Waals surface area contributed by atoms with Gasteiger partial charge in [0.1, 0.15) is 11.5 Å².